The van der Waals surface area contributed by atoms with E-state index >= 15 is 0 Å². The lowest BCUT2D eigenvalue weighted by molar-refractivity contribution is -0.114. The number of likely N-dealkylation sites (N-methyl/N-ethyl adjacent to an activating group) is 1. The average Bonchev–Trinajstić information content (AvgIpc) is 2.57. The summed E-state index contributed by atoms with van der Waals surface area (Å²) in [5.41, 5.74) is 3.93. The topological polar surface area (TPSA) is 58.1 Å². The Hall–Kier alpha value is -2.95. The van der Waals surface area contributed by atoms with Gasteiger partial charge in [-0.2, -0.15) is 0 Å². The molecule has 122 valence electrons. The summed E-state index contributed by atoms with van der Waals surface area (Å²) in [5.74, 6) is 0.670. The van der Waals surface area contributed by atoms with Crippen LogP contribution >= 0.6 is 0 Å². The number of hydrogen-bond donors (Lipinski definition) is 1. The molecule has 3 aromatic rings. The maximum absolute atomic E-state index is 12.4. The van der Waals surface area contributed by atoms with Gasteiger partial charge in [-0.25, -0.2) is 9.97 Å². The van der Waals surface area contributed by atoms with Gasteiger partial charge in [0.25, 0.3) is 0 Å². The molecule has 0 spiro atoms. The van der Waals surface area contributed by atoms with E-state index in [2.05, 4.69) is 21.4 Å². The minimum atomic E-state index is -0.0767. The van der Waals surface area contributed by atoms with Gasteiger partial charge in [0.15, 0.2) is 0 Å². The number of anilines is 2. The third-order valence-electron chi connectivity index (χ3n) is 3.92. The summed E-state index contributed by atoms with van der Waals surface area (Å²) in [5, 5.41) is 3.89. The fourth-order valence-corrected chi connectivity index (χ4v) is 2.73. The molecule has 3 rings (SSSR count). The number of fused-ring (bicyclic) bond motifs is 1. The fraction of sp³-hybridized carbons (Fsp3) is 0.211. The second kappa shape index (κ2) is 6.66. The van der Waals surface area contributed by atoms with Crippen molar-refractivity contribution in [3.05, 3.63) is 59.9 Å². The number of nitrogens with zero attached hydrogens (tertiary/aromatic N) is 3. The first-order valence-corrected chi connectivity index (χ1v) is 7.82. The Morgan fingerprint density at radius 1 is 1.12 bits per heavy atom. The highest BCUT2D eigenvalue weighted by Gasteiger charge is 2.13. The molecule has 0 radical (unpaired) electrons. The van der Waals surface area contributed by atoms with Gasteiger partial charge in [-0.1, -0.05) is 29.8 Å². The van der Waals surface area contributed by atoms with Crippen LogP contribution in [-0.4, -0.2) is 29.5 Å². The molecule has 5 heteroatoms. The number of hydrogen-bond acceptors (Lipinski definition) is 4. The molecule has 0 atom stereocenters. The van der Waals surface area contributed by atoms with Gasteiger partial charge in [0.2, 0.25) is 5.91 Å². The van der Waals surface area contributed by atoms with Gasteiger partial charge in [0.1, 0.15) is 12.1 Å². The highest BCUT2D eigenvalue weighted by Crippen LogP contribution is 2.21. The SMILES string of the molecule is Cc1ccc(NC(=O)CN(C)c2ncnc3ccccc23)c(C)c1. The lowest BCUT2D eigenvalue weighted by Gasteiger charge is -2.19. The van der Waals surface area contributed by atoms with Crippen LogP contribution in [0, 0.1) is 13.8 Å². The van der Waals surface area contributed by atoms with Crippen molar-refractivity contribution in [3.63, 3.8) is 0 Å². The number of rotatable bonds is 4. The van der Waals surface area contributed by atoms with Gasteiger partial charge >= 0.3 is 0 Å². The van der Waals surface area contributed by atoms with Crippen LogP contribution in [0.1, 0.15) is 11.1 Å². The first kappa shape index (κ1) is 15.9. The van der Waals surface area contributed by atoms with E-state index in [1.165, 1.54) is 11.9 Å². The molecule has 1 heterocycles. The lowest BCUT2D eigenvalue weighted by atomic mass is 10.1. The van der Waals surface area contributed by atoms with E-state index < -0.39 is 0 Å². The number of carbonyl (C=O) groups excluding carboxylic acids is 1. The maximum Gasteiger partial charge on any atom is 0.243 e. The number of aromatic nitrogens is 2. The monoisotopic (exact) mass is 320 g/mol. The Labute approximate surface area is 141 Å². The Morgan fingerprint density at radius 3 is 2.71 bits per heavy atom. The number of amides is 1. The average molecular weight is 320 g/mol. The molecule has 0 unspecified atom stereocenters. The number of para-hydroxylation sites is 1. The van der Waals surface area contributed by atoms with Crippen LogP contribution in [0.2, 0.25) is 0 Å². The first-order valence-electron chi connectivity index (χ1n) is 7.82. The molecule has 0 aliphatic carbocycles. The van der Waals surface area contributed by atoms with Gasteiger partial charge < -0.3 is 10.2 Å². The highest BCUT2D eigenvalue weighted by molar-refractivity contribution is 5.96. The second-order valence-electron chi connectivity index (χ2n) is 5.94. The Bertz CT molecular complexity index is 886. The van der Waals surface area contributed by atoms with Crippen molar-refractivity contribution in [2.45, 2.75) is 13.8 Å². The molecule has 5 nitrogen and oxygen atoms in total. The molecule has 24 heavy (non-hydrogen) atoms. The number of nitrogens with one attached hydrogen (secondary N) is 1. The van der Waals surface area contributed by atoms with Gasteiger partial charge in [-0.3, -0.25) is 4.79 Å². The summed E-state index contributed by atoms with van der Waals surface area (Å²) in [7, 11) is 1.86. The third-order valence-corrected chi connectivity index (χ3v) is 3.92. The van der Waals surface area contributed by atoms with Crippen molar-refractivity contribution < 1.29 is 4.79 Å². The summed E-state index contributed by atoms with van der Waals surface area (Å²) in [6.07, 6.45) is 1.52. The minimum Gasteiger partial charge on any atom is -0.350 e. The quantitative estimate of drug-likeness (QED) is 0.801. The van der Waals surface area contributed by atoms with Crippen molar-refractivity contribution in [3.8, 4) is 0 Å². The summed E-state index contributed by atoms with van der Waals surface area (Å²) in [6, 6.07) is 13.8. The van der Waals surface area contributed by atoms with Crippen molar-refractivity contribution in [2.75, 3.05) is 23.8 Å². The number of carbonyl (C=O) groups is 1. The van der Waals surface area contributed by atoms with Crippen LogP contribution in [0.15, 0.2) is 48.8 Å². The molecule has 0 saturated heterocycles. The van der Waals surface area contributed by atoms with E-state index in [9.17, 15) is 4.79 Å². The maximum atomic E-state index is 12.4. The highest BCUT2D eigenvalue weighted by atomic mass is 16.2. The van der Waals surface area contributed by atoms with E-state index in [0.29, 0.717) is 0 Å². The van der Waals surface area contributed by atoms with Gasteiger partial charge in [0, 0.05) is 18.1 Å². The number of aryl methyl sites for hydroxylation is 2. The summed E-state index contributed by atoms with van der Waals surface area (Å²) in [6.45, 7) is 4.24. The molecule has 2 aromatic carbocycles. The zero-order chi connectivity index (χ0) is 17.1. The first-order chi connectivity index (χ1) is 11.5. The molecule has 0 aliphatic heterocycles. The van der Waals surface area contributed by atoms with Crippen LogP contribution in [0.25, 0.3) is 10.9 Å². The third kappa shape index (κ3) is 3.35. The zero-order valence-corrected chi connectivity index (χ0v) is 14.1. The molecule has 1 aromatic heterocycles. The molecule has 0 fully saturated rings. The van der Waals surface area contributed by atoms with Crippen molar-refractivity contribution in [1.29, 1.82) is 0 Å². The molecule has 0 bridgehead atoms. The molecule has 1 N–H and O–H groups in total. The van der Waals surface area contributed by atoms with Crippen molar-refractivity contribution in [1.82, 2.24) is 9.97 Å². The minimum absolute atomic E-state index is 0.0767. The summed E-state index contributed by atoms with van der Waals surface area (Å²) in [4.78, 5) is 22.8. The van der Waals surface area contributed by atoms with E-state index in [4.69, 9.17) is 0 Å². The predicted molar refractivity (Wildman–Crippen MR) is 97.4 cm³/mol. The van der Waals surface area contributed by atoms with Gasteiger partial charge in [-0.05, 0) is 37.6 Å². The van der Waals surface area contributed by atoms with Crippen molar-refractivity contribution >= 4 is 28.3 Å². The van der Waals surface area contributed by atoms with E-state index in [1.54, 1.807) is 0 Å². The molecular weight excluding hydrogens is 300 g/mol. The Morgan fingerprint density at radius 2 is 1.92 bits per heavy atom. The molecule has 0 saturated carbocycles. The van der Waals surface area contributed by atoms with Crippen LogP contribution in [-0.2, 0) is 4.79 Å². The van der Waals surface area contributed by atoms with Crippen LogP contribution in [0.3, 0.4) is 0 Å². The van der Waals surface area contributed by atoms with E-state index in [-0.39, 0.29) is 12.5 Å². The number of benzene rings is 2. The fourth-order valence-electron chi connectivity index (χ4n) is 2.73. The summed E-state index contributed by atoms with van der Waals surface area (Å²) < 4.78 is 0. The molecule has 1 amide bonds. The smallest absolute Gasteiger partial charge is 0.243 e. The predicted octanol–water partition coefficient (Wildman–Crippen LogP) is 3.32. The summed E-state index contributed by atoms with van der Waals surface area (Å²) >= 11 is 0. The Kier molecular flexibility index (Phi) is 4.42. The lowest BCUT2D eigenvalue weighted by Crippen LogP contribution is -2.31. The largest absolute Gasteiger partial charge is 0.350 e. The van der Waals surface area contributed by atoms with Crippen LogP contribution in [0.5, 0.6) is 0 Å². The van der Waals surface area contributed by atoms with Crippen LogP contribution < -0.4 is 10.2 Å². The second-order valence-corrected chi connectivity index (χ2v) is 5.94. The van der Waals surface area contributed by atoms with Crippen LogP contribution in [0.4, 0.5) is 11.5 Å². The van der Waals surface area contributed by atoms with Gasteiger partial charge in [0.05, 0.1) is 12.1 Å². The molecule has 0 aliphatic rings. The Balaban J connectivity index is 1.76. The normalized spacial score (nSPS) is 10.6. The van der Waals surface area contributed by atoms with E-state index in [0.717, 1.165) is 28.0 Å². The molecular formula is C19H20N4O. The van der Waals surface area contributed by atoms with E-state index in [1.807, 2.05) is 62.2 Å². The standard InChI is InChI=1S/C19H20N4O/c1-13-8-9-16(14(2)10-13)22-18(24)11-23(3)19-15-6-4-5-7-17(15)20-12-21-19/h4-10,12H,11H2,1-3H3,(H,22,24). The van der Waals surface area contributed by atoms with Gasteiger partial charge in [-0.15, -0.1) is 0 Å². The zero-order valence-electron chi connectivity index (χ0n) is 14.1. The van der Waals surface area contributed by atoms with Crippen molar-refractivity contribution in [2.24, 2.45) is 0 Å².